The van der Waals surface area contributed by atoms with E-state index in [9.17, 15) is 8.42 Å². The lowest BCUT2D eigenvalue weighted by molar-refractivity contribution is 0.301. The number of benzene rings is 1. The summed E-state index contributed by atoms with van der Waals surface area (Å²) in [4.78, 5) is 0.318. The van der Waals surface area contributed by atoms with E-state index in [4.69, 9.17) is 5.73 Å². The number of rotatable bonds is 2. The summed E-state index contributed by atoms with van der Waals surface area (Å²) in [5, 5.41) is -0.282. The van der Waals surface area contributed by atoms with E-state index >= 15 is 0 Å². The predicted octanol–water partition coefficient (Wildman–Crippen LogP) is 3.18. The second-order valence-electron chi connectivity index (χ2n) is 6.07. The number of aryl methyl sites for hydroxylation is 1. The van der Waals surface area contributed by atoms with E-state index in [0.29, 0.717) is 22.4 Å². The number of sulfone groups is 1. The molecule has 0 radical (unpaired) electrons. The Morgan fingerprint density at radius 3 is 2.26 bits per heavy atom. The Hall–Kier alpha value is -1.03. The fourth-order valence-electron chi connectivity index (χ4n) is 3.21. The highest BCUT2D eigenvalue weighted by molar-refractivity contribution is 7.92. The van der Waals surface area contributed by atoms with E-state index in [0.717, 1.165) is 24.8 Å². The molecule has 1 aromatic rings. The molecule has 0 aliphatic heterocycles. The summed E-state index contributed by atoms with van der Waals surface area (Å²) in [7, 11) is -3.31. The van der Waals surface area contributed by atoms with Crippen LogP contribution in [0.2, 0.25) is 0 Å². The smallest absolute Gasteiger partial charge is 0.183 e. The van der Waals surface area contributed by atoms with Crippen LogP contribution < -0.4 is 5.73 Å². The van der Waals surface area contributed by atoms with Gasteiger partial charge in [-0.3, -0.25) is 0 Å². The van der Waals surface area contributed by atoms with Gasteiger partial charge < -0.3 is 5.73 Å². The first kappa shape index (κ1) is 14.4. The summed E-state index contributed by atoms with van der Waals surface area (Å²) >= 11 is 0. The van der Waals surface area contributed by atoms with Gasteiger partial charge in [-0.15, -0.1) is 0 Å². The van der Waals surface area contributed by atoms with E-state index in [1.807, 2.05) is 13.0 Å². The molecule has 3 nitrogen and oxygen atoms in total. The third kappa shape index (κ3) is 2.78. The van der Waals surface area contributed by atoms with Crippen molar-refractivity contribution in [3.8, 4) is 0 Å². The first-order valence-corrected chi connectivity index (χ1v) is 8.46. The first-order valence-electron chi connectivity index (χ1n) is 6.91. The predicted molar refractivity (Wildman–Crippen MR) is 78.7 cm³/mol. The lowest BCUT2D eigenvalue weighted by Gasteiger charge is -2.31. The van der Waals surface area contributed by atoms with E-state index in [-0.39, 0.29) is 5.25 Å². The van der Waals surface area contributed by atoms with Crippen molar-refractivity contribution in [2.45, 2.75) is 50.2 Å². The summed E-state index contributed by atoms with van der Waals surface area (Å²) in [6.45, 7) is 6.12. The Labute approximate surface area is 116 Å². The Kier molecular flexibility index (Phi) is 3.90. The molecule has 19 heavy (non-hydrogen) atoms. The molecule has 0 spiro atoms. The molecular formula is C15H23NO2S. The molecule has 0 aromatic heterocycles. The van der Waals surface area contributed by atoms with Crippen molar-refractivity contribution in [1.82, 2.24) is 0 Å². The van der Waals surface area contributed by atoms with Gasteiger partial charge in [0.15, 0.2) is 9.84 Å². The molecule has 2 atom stereocenters. The van der Waals surface area contributed by atoms with Crippen LogP contribution in [0.4, 0.5) is 5.69 Å². The maximum Gasteiger partial charge on any atom is 0.183 e. The number of para-hydroxylation sites is 1. The average molecular weight is 281 g/mol. The Bertz CT molecular complexity index is 556. The van der Waals surface area contributed by atoms with Gasteiger partial charge in [-0.2, -0.15) is 0 Å². The van der Waals surface area contributed by atoms with Gasteiger partial charge in [0.1, 0.15) is 0 Å². The summed E-state index contributed by atoms with van der Waals surface area (Å²) in [5.74, 6) is 0.934. The third-order valence-corrected chi connectivity index (χ3v) is 6.40. The Morgan fingerprint density at radius 2 is 1.68 bits per heavy atom. The summed E-state index contributed by atoms with van der Waals surface area (Å²) in [5.41, 5.74) is 7.21. The van der Waals surface area contributed by atoms with Gasteiger partial charge in [0.25, 0.3) is 0 Å². The molecule has 1 aliphatic carbocycles. The standard InChI is InChI=1S/C15H23NO2S/c1-10-7-11(2)9-13(8-10)19(17,18)14-6-4-5-12(3)15(14)16/h4-6,10-11,13H,7-9,16H2,1-3H3. The minimum absolute atomic E-state index is 0.282. The first-order chi connectivity index (χ1) is 8.82. The fraction of sp³-hybridized carbons (Fsp3) is 0.600. The average Bonchev–Trinajstić information content (AvgIpc) is 2.31. The van der Waals surface area contributed by atoms with Gasteiger partial charge in [-0.25, -0.2) is 8.42 Å². The molecule has 1 fully saturated rings. The van der Waals surface area contributed by atoms with Gasteiger partial charge in [0.05, 0.1) is 15.8 Å². The highest BCUT2D eigenvalue weighted by atomic mass is 32.2. The van der Waals surface area contributed by atoms with Gasteiger partial charge in [-0.05, 0) is 49.7 Å². The minimum atomic E-state index is -3.31. The molecule has 1 aliphatic rings. The second kappa shape index (κ2) is 5.16. The maximum atomic E-state index is 12.8. The maximum absolute atomic E-state index is 12.8. The van der Waals surface area contributed by atoms with Crippen molar-refractivity contribution in [3.63, 3.8) is 0 Å². The van der Waals surface area contributed by atoms with Crippen molar-refractivity contribution in [1.29, 1.82) is 0 Å². The molecule has 0 saturated heterocycles. The van der Waals surface area contributed by atoms with E-state index in [2.05, 4.69) is 13.8 Å². The van der Waals surface area contributed by atoms with Gasteiger partial charge in [0, 0.05) is 0 Å². The Morgan fingerprint density at radius 1 is 1.11 bits per heavy atom. The van der Waals surface area contributed by atoms with E-state index in [1.165, 1.54) is 0 Å². The van der Waals surface area contributed by atoms with Crippen LogP contribution in [0.5, 0.6) is 0 Å². The number of hydrogen-bond acceptors (Lipinski definition) is 3. The minimum Gasteiger partial charge on any atom is -0.397 e. The van der Waals surface area contributed by atoms with Crippen molar-refractivity contribution >= 4 is 15.5 Å². The van der Waals surface area contributed by atoms with Crippen LogP contribution >= 0.6 is 0 Å². The van der Waals surface area contributed by atoms with Gasteiger partial charge in [0.2, 0.25) is 0 Å². The van der Waals surface area contributed by atoms with E-state index in [1.54, 1.807) is 12.1 Å². The van der Waals surface area contributed by atoms with Crippen LogP contribution in [0.15, 0.2) is 23.1 Å². The number of anilines is 1. The molecule has 106 valence electrons. The number of nitrogens with two attached hydrogens (primary N) is 1. The zero-order chi connectivity index (χ0) is 14.2. The molecule has 1 aromatic carbocycles. The zero-order valence-corrected chi connectivity index (χ0v) is 12.7. The van der Waals surface area contributed by atoms with Crippen molar-refractivity contribution in [3.05, 3.63) is 23.8 Å². The van der Waals surface area contributed by atoms with Crippen LogP contribution in [-0.4, -0.2) is 13.7 Å². The monoisotopic (exact) mass is 281 g/mol. The largest absolute Gasteiger partial charge is 0.397 e. The van der Waals surface area contributed by atoms with Crippen molar-refractivity contribution in [2.24, 2.45) is 11.8 Å². The highest BCUT2D eigenvalue weighted by Gasteiger charge is 2.35. The van der Waals surface area contributed by atoms with Gasteiger partial charge >= 0.3 is 0 Å². The molecule has 0 amide bonds. The lowest BCUT2D eigenvalue weighted by Crippen LogP contribution is -2.31. The van der Waals surface area contributed by atoms with Crippen LogP contribution in [0.1, 0.15) is 38.7 Å². The van der Waals surface area contributed by atoms with Crippen LogP contribution in [0.3, 0.4) is 0 Å². The highest BCUT2D eigenvalue weighted by Crippen LogP contribution is 2.36. The van der Waals surface area contributed by atoms with Crippen LogP contribution in [0, 0.1) is 18.8 Å². The van der Waals surface area contributed by atoms with Crippen LogP contribution in [-0.2, 0) is 9.84 Å². The molecule has 0 heterocycles. The number of nitrogen functional groups attached to an aromatic ring is 1. The summed E-state index contributed by atoms with van der Waals surface area (Å²) in [6.07, 6.45) is 2.62. The molecule has 2 N–H and O–H groups in total. The van der Waals surface area contributed by atoms with Crippen molar-refractivity contribution in [2.75, 3.05) is 5.73 Å². The van der Waals surface area contributed by atoms with Crippen molar-refractivity contribution < 1.29 is 8.42 Å². The molecule has 2 rings (SSSR count). The number of hydrogen-bond donors (Lipinski definition) is 1. The van der Waals surface area contributed by atoms with Crippen LogP contribution in [0.25, 0.3) is 0 Å². The van der Waals surface area contributed by atoms with Gasteiger partial charge in [-0.1, -0.05) is 26.0 Å². The summed E-state index contributed by atoms with van der Waals surface area (Å²) < 4.78 is 25.5. The van der Waals surface area contributed by atoms with E-state index < -0.39 is 9.84 Å². The molecule has 4 heteroatoms. The lowest BCUT2D eigenvalue weighted by atomic mass is 9.83. The molecular weight excluding hydrogens is 258 g/mol. The quantitative estimate of drug-likeness (QED) is 0.847. The summed E-state index contributed by atoms with van der Waals surface area (Å²) in [6, 6.07) is 5.26. The fourth-order valence-corrected chi connectivity index (χ4v) is 5.47. The Balaban J connectivity index is 2.39. The SMILES string of the molecule is Cc1cccc(S(=O)(=O)C2CC(C)CC(C)C2)c1N. The topological polar surface area (TPSA) is 60.2 Å². The third-order valence-electron chi connectivity index (χ3n) is 4.16. The zero-order valence-electron chi connectivity index (χ0n) is 11.9. The normalized spacial score (nSPS) is 28.3. The molecule has 2 unspecified atom stereocenters. The molecule has 1 saturated carbocycles. The second-order valence-corrected chi connectivity index (χ2v) is 8.27. The molecule has 0 bridgehead atoms.